The number of nitrogens with zero attached hydrogens (tertiary/aromatic N) is 2. The van der Waals surface area contributed by atoms with Crippen molar-refractivity contribution >= 4 is 21.8 Å². The molecule has 2 aliphatic rings. The van der Waals surface area contributed by atoms with Crippen molar-refractivity contribution in [3.8, 4) is 0 Å². The van der Waals surface area contributed by atoms with E-state index < -0.39 is 0 Å². The van der Waals surface area contributed by atoms with E-state index in [-0.39, 0.29) is 4.83 Å². The zero-order valence-electron chi connectivity index (χ0n) is 10.7. The molecule has 2 saturated heterocycles. The van der Waals surface area contributed by atoms with E-state index in [9.17, 15) is 4.79 Å². The number of piperidine rings is 2. The zero-order chi connectivity index (χ0) is 12.3. The fourth-order valence-electron chi connectivity index (χ4n) is 2.80. The van der Waals surface area contributed by atoms with Crippen LogP contribution in [0.15, 0.2) is 0 Å². The first-order valence-corrected chi connectivity index (χ1v) is 7.70. The molecule has 2 aliphatic heterocycles. The quantitative estimate of drug-likeness (QED) is 0.746. The van der Waals surface area contributed by atoms with Crippen molar-refractivity contribution in [1.82, 2.24) is 9.80 Å². The van der Waals surface area contributed by atoms with Crippen LogP contribution in [0.2, 0.25) is 0 Å². The lowest BCUT2D eigenvalue weighted by molar-refractivity contribution is -0.132. The van der Waals surface area contributed by atoms with E-state index in [0.717, 1.165) is 31.8 Å². The lowest BCUT2D eigenvalue weighted by Crippen LogP contribution is -2.43. The van der Waals surface area contributed by atoms with E-state index in [1.54, 1.807) is 0 Å². The molecule has 2 rings (SSSR count). The average molecular weight is 303 g/mol. The Labute approximate surface area is 113 Å². The van der Waals surface area contributed by atoms with Crippen LogP contribution < -0.4 is 0 Å². The minimum absolute atomic E-state index is 0.0775. The van der Waals surface area contributed by atoms with Crippen LogP contribution in [0.3, 0.4) is 0 Å². The summed E-state index contributed by atoms with van der Waals surface area (Å²) in [6, 6.07) is 0. The molecule has 2 fully saturated rings. The fourth-order valence-corrected chi connectivity index (χ4v) is 3.42. The maximum atomic E-state index is 11.9. The second-order valence-corrected chi connectivity index (χ2v) is 6.58. The summed E-state index contributed by atoms with van der Waals surface area (Å²) >= 11 is 3.47. The number of hydrogen-bond acceptors (Lipinski definition) is 2. The van der Waals surface area contributed by atoms with Crippen molar-refractivity contribution in [2.45, 2.75) is 36.9 Å². The van der Waals surface area contributed by atoms with Crippen LogP contribution in [0.25, 0.3) is 0 Å². The third-order valence-corrected chi connectivity index (χ3v) is 4.96. The summed E-state index contributed by atoms with van der Waals surface area (Å²) in [6.45, 7) is 4.38. The standard InChI is InChI=1S/C13H23BrN2O/c1-15-8-4-11(5-9-15)6-10-16-7-2-3-12(14)13(16)17/h11-12H,2-10H2,1H3. The van der Waals surface area contributed by atoms with Crippen molar-refractivity contribution in [2.75, 3.05) is 33.2 Å². The highest BCUT2D eigenvalue weighted by atomic mass is 79.9. The summed E-state index contributed by atoms with van der Waals surface area (Å²) in [5.41, 5.74) is 0. The lowest BCUT2D eigenvalue weighted by Gasteiger charge is -2.33. The Kier molecular flexibility index (Phi) is 4.86. The maximum absolute atomic E-state index is 11.9. The van der Waals surface area contributed by atoms with Crippen molar-refractivity contribution < 1.29 is 4.79 Å². The Morgan fingerprint density at radius 2 is 1.94 bits per heavy atom. The Hall–Kier alpha value is -0.0900. The molecule has 0 aromatic carbocycles. The van der Waals surface area contributed by atoms with Gasteiger partial charge < -0.3 is 9.80 Å². The van der Waals surface area contributed by atoms with Crippen molar-refractivity contribution in [1.29, 1.82) is 0 Å². The predicted octanol–water partition coefficient (Wildman–Crippen LogP) is 2.10. The Balaban J connectivity index is 1.72. The van der Waals surface area contributed by atoms with Gasteiger partial charge in [0, 0.05) is 13.1 Å². The van der Waals surface area contributed by atoms with Crippen molar-refractivity contribution in [3.05, 3.63) is 0 Å². The van der Waals surface area contributed by atoms with Crippen molar-refractivity contribution in [3.63, 3.8) is 0 Å². The lowest BCUT2D eigenvalue weighted by atomic mass is 9.93. The van der Waals surface area contributed by atoms with Crippen LogP contribution >= 0.6 is 15.9 Å². The van der Waals surface area contributed by atoms with Gasteiger partial charge in [-0.3, -0.25) is 4.79 Å². The molecule has 0 aromatic rings. The second-order valence-electron chi connectivity index (χ2n) is 5.47. The summed E-state index contributed by atoms with van der Waals surface area (Å²) in [5, 5.41) is 0. The molecule has 2 heterocycles. The third kappa shape index (κ3) is 3.68. The molecule has 17 heavy (non-hydrogen) atoms. The number of amides is 1. The van der Waals surface area contributed by atoms with Gasteiger partial charge in [-0.25, -0.2) is 0 Å². The number of carbonyl (C=O) groups is 1. The molecule has 0 aliphatic carbocycles. The molecule has 0 saturated carbocycles. The maximum Gasteiger partial charge on any atom is 0.236 e. The van der Waals surface area contributed by atoms with Crippen LogP contribution in [0, 0.1) is 5.92 Å². The van der Waals surface area contributed by atoms with E-state index in [4.69, 9.17) is 0 Å². The smallest absolute Gasteiger partial charge is 0.236 e. The molecular formula is C13H23BrN2O. The topological polar surface area (TPSA) is 23.6 Å². The predicted molar refractivity (Wildman–Crippen MR) is 73.4 cm³/mol. The van der Waals surface area contributed by atoms with E-state index in [1.807, 2.05) is 0 Å². The summed E-state index contributed by atoms with van der Waals surface area (Å²) in [6.07, 6.45) is 5.95. The number of hydrogen-bond donors (Lipinski definition) is 0. The fraction of sp³-hybridized carbons (Fsp3) is 0.923. The zero-order valence-corrected chi connectivity index (χ0v) is 12.3. The van der Waals surface area contributed by atoms with Gasteiger partial charge in [-0.2, -0.15) is 0 Å². The van der Waals surface area contributed by atoms with Gasteiger partial charge in [-0.15, -0.1) is 0 Å². The molecule has 1 amide bonds. The largest absolute Gasteiger partial charge is 0.342 e. The van der Waals surface area contributed by atoms with Crippen LogP contribution in [0.5, 0.6) is 0 Å². The Bertz CT molecular complexity index is 264. The SMILES string of the molecule is CN1CCC(CCN2CCCC(Br)C2=O)CC1. The van der Waals surface area contributed by atoms with Gasteiger partial charge >= 0.3 is 0 Å². The van der Waals surface area contributed by atoms with Crippen LogP contribution in [0.1, 0.15) is 32.1 Å². The summed E-state index contributed by atoms with van der Waals surface area (Å²) < 4.78 is 0. The molecule has 0 spiro atoms. The van der Waals surface area contributed by atoms with Gasteiger partial charge in [0.15, 0.2) is 0 Å². The van der Waals surface area contributed by atoms with Gasteiger partial charge in [-0.05, 0) is 58.2 Å². The monoisotopic (exact) mass is 302 g/mol. The normalized spacial score (nSPS) is 28.7. The molecule has 0 bridgehead atoms. The number of carbonyl (C=O) groups excluding carboxylic acids is 1. The number of likely N-dealkylation sites (tertiary alicyclic amines) is 2. The minimum Gasteiger partial charge on any atom is -0.342 e. The second kappa shape index (κ2) is 6.19. The highest BCUT2D eigenvalue weighted by molar-refractivity contribution is 9.10. The number of rotatable bonds is 3. The van der Waals surface area contributed by atoms with Crippen LogP contribution in [-0.2, 0) is 4.79 Å². The minimum atomic E-state index is 0.0775. The molecule has 0 radical (unpaired) electrons. The van der Waals surface area contributed by atoms with Gasteiger partial charge in [-0.1, -0.05) is 15.9 Å². The van der Waals surface area contributed by atoms with Crippen LogP contribution in [-0.4, -0.2) is 53.8 Å². The van der Waals surface area contributed by atoms with E-state index in [1.165, 1.54) is 32.4 Å². The molecule has 98 valence electrons. The molecule has 0 N–H and O–H groups in total. The molecule has 1 unspecified atom stereocenters. The summed E-state index contributed by atoms with van der Waals surface area (Å²) in [4.78, 5) is 16.5. The first-order valence-electron chi connectivity index (χ1n) is 6.78. The molecule has 4 heteroatoms. The van der Waals surface area contributed by atoms with Gasteiger partial charge in [0.05, 0.1) is 4.83 Å². The van der Waals surface area contributed by atoms with E-state index in [2.05, 4.69) is 32.8 Å². The highest BCUT2D eigenvalue weighted by Gasteiger charge is 2.27. The highest BCUT2D eigenvalue weighted by Crippen LogP contribution is 2.23. The van der Waals surface area contributed by atoms with Crippen molar-refractivity contribution in [2.24, 2.45) is 5.92 Å². The van der Waals surface area contributed by atoms with Gasteiger partial charge in [0.25, 0.3) is 0 Å². The first-order chi connectivity index (χ1) is 8.16. The summed E-state index contributed by atoms with van der Waals surface area (Å²) in [7, 11) is 2.19. The molecule has 1 atom stereocenters. The Morgan fingerprint density at radius 1 is 1.24 bits per heavy atom. The number of halogens is 1. The third-order valence-electron chi connectivity index (χ3n) is 4.11. The first kappa shape index (κ1) is 13.3. The number of alkyl halides is 1. The van der Waals surface area contributed by atoms with E-state index in [0.29, 0.717) is 5.91 Å². The van der Waals surface area contributed by atoms with Gasteiger partial charge in [0.1, 0.15) is 0 Å². The Morgan fingerprint density at radius 3 is 2.65 bits per heavy atom. The van der Waals surface area contributed by atoms with Crippen LogP contribution in [0.4, 0.5) is 0 Å². The molecular weight excluding hydrogens is 280 g/mol. The summed E-state index contributed by atoms with van der Waals surface area (Å²) in [5.74, 6) is 1.14. The molecule has 0 aromatic heterocycles. The van der Waals surface area contributed by atoms with E-state index >= 15 is 0 Å². The average Bonchev–Trinajstić information content (AvgIpc) is 2.33. The molecule has 3 nitrogen and oxygen atoms in total. The van der Waals surface area contributed by atoms with Gasteiger partial charge in [0.2, 0.25) is 5.91 Å².